The fraction of sp³-hybridized carbons (Fsp3) is 0.600. The molecule has 0 fully saturated rings. The zero-order valence-electron chi connectivity index (χ0n) is 11.4. The third kappa shape index (κ3) is 4.57. The number of thioether (sulfide) groups is 1. The van der Waals surface area contributed by atoms with Crippen LogP contribution in [0.25, 0.3) is 0 Å². The molecule has 0 atom stereocenters. The maximum Gasteiger partial charge on any atom is 0.0155 e. The average molecular weight is 394 g/mol. The fourth-order valence-corrected chi connectivity index (χ4v) is 5.05. The molecule has 0 saturated carbocycles. The van der Waals surface area contributed by atoms with Gasteiger partial charge in [-0.05, 0) is 29.9 Å². The van der Waals surface area contributed by atoms with E-state index in [2.05, 4.69) is 76.9 Å². The number of hydrogen-bond acceptors (Lipinski definition) is 1. The molecule has 0 heterocycles. The molecule has 0 nitrogen and oxygen atoms in total. The van der Waals surface area contributed by atoms with E-state index >= 15 is 0 Å². The van der Waals surface area contributed by atoms with Crippen molar-refractivity contribution in [1.82, 2.24) is 0 Å². The van der Waals surface area contributed by atoms with Crippen molar-refractivity contribution in [3.8, 4) is 0 Å². The van der Waals surface area contributed by atoms with Gasteiger partial charge in [0, 0.05) is 16.1 Å². The number of aryl methyl sites for hydroxylation is 1. The number of benzene rings is 1. The lowest BCUT2D eigenvalue weighted by Gasteiger charge is -2.31. The van der Waals surface area contributed by atoms with Crippen molar-refractivity contribution in [2.45, 2.75) is 37.9 Å². The van der Waals surface area contributed by atoms with Crippen LogP contribution in [-0.4, -0.2) is 21.7 Å². The highest BCUT2D eigenvalue weighted by Crippen LogP contribution is 2.34. The Labute approximate surface area is 133 Å². The number of hydrogen-bond donors (Lipinski definition) is 0. The molecule has 0 saturated heterocycles. The fourth-order valence-electron chi connectivity index (χ4n) is 1.93. The quantitative estimate of drug-likeness (QED) is 0.546. The van der Waals surface area contributed by atoms with E-state index in [-0.39, 0.29) is 5.41 Å². The van der Waals surface area contributed by atoms with E-state index in [0.29, 0.717) is 5.25 Å². The van der Waals surface area contributed by atoms with Crippen LogP contribution < -0.4 is 0 Å². The van der Waals surface area contributed by atoms with Crippen molar-refractivity contribution in [1.29, 1.82) is 0 Å². The molecular formula is C15H22Br2S. The highest BCUT2D eigenvalue weighted by molar-refractivity contribution is 9.09. The van der Waals surface area contributed by atoms with Crippen molar-refractivity contribution in [2.75, 3.05) is 16.4 Å². The minimum atomic E-state index is 0.216. The van der Waals surface area contributed by atoms with E-state index in [9.17, 15) is 0 Å². The largest absolute Gasteiger partial charge is 0.159 e. The number of alkyl halides is 2. The minimum absolute atomic E-state index is 0.216. The van der Waals surface area contributed by atoms with Crippen LogP contribution in [0.4, 0.5) is 0 Å². The third-order valence-corrected chi connectivity index (χ3v) is 6.43. The first-order chi connectivity index (χ1) is 8.54. The van der Waals surface area contributed by atoms with Gasteiger partial charge in [-0.25, -0.2) is 0 Å². The zero-order valence-corrected chi connectivity index (χ0v) is 15.4. The minimum Gasteiger partial charge on any atom is -0.159 e. The first-order valence-corrected chi connectivity index (χ1v) is 9.64. The van der Waals surface area contributed by atoms with E-state index < -0.39 is 0 Å². The van der Waals surface area contributed by atoms with Gasteiger partial charge in [0.05, 0.1) is 0 Å². The van der Waals surface area contributed by atoms with Crippen LogP contribution in [0.2, 0.25) is 0 Å². The van der Waals surface area contributed by atoms with Crippen LogP contribution in [0.5, 0.6) is 0 Å². The summed E-state index contributed by atoms with van der Waals surface area (Å²) >= 11 is 9.49. The molecule has 1 aromatic carbocycles. The van der Waals surface area contributed by atoms with Crippen LogP contribution in [0.3, 0.4) is 0 Å². The molecule has 0 spiro atoms. The van der Waals surface area contributed by atoms with Gasteiger partial charge in [0.15, 0.2) is 0 Å². The summed E-state index contributed by atoms with van der Waals surface area (Å²) < 4.78 is 0. The maximum atomic E-state index is 3.72. The Morgan fingerprint density at radius 2 is 1.89 bits per heavy atom. The molecule has 0 N–H and O–H groups in total. The van der Waals surface area contributed by atoms with Gasteiger partial charge in [0.25, 0.3) is 0 Å². The molecule has 0 bridgehead atoms. The Hall–Kier alpha value is 0.530. The summed E-state index contributed by atoms with van der Waals surface area (Å²) in [5, 5.41) is 2.73. The highest BCUT2D eigenvalue weighted by Gasteiger charge is 2.29. The average Bonchev–Trinajstić information content (AvgIpc) is 2.35. The molecule has 0 unspecified atom stereocenters. The van der Waals surface area contributed by atoms with Gasteiger partial charge in [0.2, 0.25) is 0 Å². The SMILES string of the molecule is Cc1cccc(C(CBr)(CBr)CCSC(C)C)c1. The first-order valence-electron chi connectivity index (χ1n) is 6.35. The molecule has 0 aromatic heterocycles. The van der Waals surface area contributed by atoms with E-state index in [1.807, 2.05) is 11.8 Å². The summed E-state index contributed by atoms with van der Waals surface area (Å²) in [6.07, 6.45) is 1.20. The summed E-state index contributed by atoms with van der Waals surface area (Å²) in [5.41, 5.74) is 3.00. The highest BCUT2D eigenvalue weighted by atomic mass is 79.9. The molecule has 0 aliphatic heterocycles. The third-order valence-electron chi connectivity index (χ3n) is 3.17. The van der Waals surface area contributed by atoms with Crippen LogP contribution >= 0.6 is 43.6 Å². The predicted molar refractivity (Wildman–Crippen MR) is 92.7 cm³/mol. The van der Waals surface area contributed by atoms with Crippen LogP contribution in [-0.2, 0) is 5.41 Å². The Kier molecular flexibility index (Phi) is 7.33. The molecule has 0 aliphatic rings. The molecule has 1 rings (SSSR count). The normalized spacial score (nSPS) is 12.1. The number of rotatable bonds is 7. The van der Waals surface area contributed by atoms with Gasteiger partial charge >= 0.3 is 0 Å². The molecule has 0 radical (unpaired) electrons. The summed E-state index contributed by atoms with van der Waals surface area (Å²) in [6, 6.07) is 8.91. The molecule has 102 valence electrons. The van der Waals surface area contributed by atoms with Crippen molar-refractivity contribution in [3.63, 3.8) is 0 Å². The van der Waals surface area contributed by atoms with Crippen molar-refractivity contribution < 1.29 is 0 Å². The van der Waals surface area contributed by atoms with Gasteiger partial charge < -0.3 is 0 Å². The Morgan fingerprint density at radius 1 is 1.22 bits per heavy atom. The standard InChI is InChI=1S/C15H22Br2S/c1-12(2)18-8-7-15(10-16,11-17)14-6-4-5-13(3)9-14/h4-6,9,12H,7-8,10-11H2,1-3H3. The molecule has 0 amide bonds. The lowest BCUT2D eigenvalue weighted by molar-refractivity contribution is 0.538. The van der Waals surface area contributed by atoms with E-state index in [1.54, 1.807) is 0 Å². The summed E-state index contributed by atoms with van der Waals surface area (Å²) in [5.74, 6) is 1.21. The summed E-state index contributed by atoms with van der Waals surface area (Å²) in [6.45, 7) is 6.70. The van der Waals surface area contributed by atoms with Crippen LogP contribution in [0, 0.1) is 6.92 Å². The van der Waals surface area contributed by atoms with E-state index in [1.165, 1.54) is 23.3 Å². The van der Waals surface area contributed by atoms with Crippen molar-refractivity contribution >= 4 is 43.6 Å². The molecule has 18 heavy (non-hydrogen) atoms. The van der Waals surface area contributed by atoms with Gasteiger partial charge in [0.1, 0.15) is 0 Å². The maximum absolute atomic E-state index is 3.72. The van der Waals surface area contributed by atoms with Gasteiger partial charge in [-0.3, -0.25) is 0 Å². The monoisotopic (exact) mass is 392 g/mol. The molecular weight excluding hydrogens is 372 g/mol. The first kappa shape index (κ1) is 16.6. The lowest BCUT2D eigenvalue weighted by atomic mass is 9.81. The predicted octanol–water partition coefficient (Wildman–Crippen LogP) is 5.55. The van der Waals surface area contributed by atoms with Crippen LogP contribution in [0.15, 0.2) is 24.3 Å². The molecule has 0 aliphatic carbocycles. The second-order valence-electron chi connectivity index (χ2n) is 5.09. The lowest BCUT2D eigenvalue weighted by Crippen LogP contribution is -2.31. The smallest absolute Gasteiger partial charge is 0.0155 e. The van der Waals surface area contributed by atoms with Crippen LogP contribution in [0.1, 0.15) is 31.4 Å². The summed E-state index contributed by atoms with van der Waals surface area (Å²) in [7, 11) is 0. The van der Waals surface area contributed by atoms with Gasteiger partial charge in [-0.1, -0.05) is 75.5 Å². The van der Waals surface area contributed by atoms with Gasteiger partial charge in [-0.2, -0.15) is 11.8 Å². The summed E-state index contributed by atoms with van der Waals surface area (Å²) in [4.78, 5) is 0. The molecule has 3 heteroatoms. The Bertz CT molecular complexity index is 359. The second kappa shape index (κ2) is 7.96. The molecule has 1 aromatic rings. The van der Waals surface area contributed by atoms with Crippen molar-refractivity contribution in [3.05, 3.63) is 35.4 Å². The Morgan fingerprint density at radius 3 is 2.39 bits per heavy atom. The number of halogens is 2. The Balaban J connectivity index is 2.85. The van der Waals surface area contributed by atoms with Gasteiger partial charge in [-0.15, -0.1) is 0 Å². The zero-order chi connectivity index (χ0) is 13.6. The second-order valence-corrected chi connectivity index (χ2v) is 7.89. The topological polar surface area (TPSA) is 0 Å². The van der Waals surface area contributed by atoms with E-state index in [0.717, 1.165) is 10.7 Å². The van der Waals surface area contributed by atoms with E-state index in [4.69, 9.17) is 0 Å². The van der Waals surface area contributed by atoms with Crippen molar-refractivity contribution in [2.24, 2.45) is 0 Å².